The van der Waals surface area contributed by atoms with E-state index in [4.69, 9.17) is 33.3 Å². The molecule has 16 nitrogen and oxygen atoms in total. The molecule has 5 aromatic rings. The van der Waals surface area contributed by atoms with Crippen LogP contribution in [0.4, 0.5) is 17.1 Å². The Morgan fingerprint density at radius 2 is 1.16 bits per heavy atom. The third kappa shape index (κ3) is 11.2. The van der Waals surface area contributed by atoms with Gasteiger partial charge in [0.15, 0.2) is 11.5 Å². The average molecular weight is 1020 g/mol. The van der Waals surface area contributed by atoms with Crippen molar-refractivity contribution in [1.82, 2.24) is 5.06 Å². The number of hydrogen-bond donors (Lipinski definition) is 0. The first kappa shape index (κ1) is 51.2. The second-order valence-electron chi connectivity index (χ2n) is 19.8. The van der Waals surface area contributed by atoms with Crippen LogP contribution in [0.1, 0.15) is 98.2 Å². The molecule has 10 rings (SSSR count). The smallest absolute Gasteiger partial charge is 0.333 e. The van der Waals surface area contributed by atoms with Gasteiger partial charge in [0.05, 0.1) is 40.1 Å². The molecular weight excluding hydrogens is 957 g/mol. The molecule has 0 spiro atoms. The summed E-state index contributed by atoms with van der Waals surface area (Å²) in [6.07, 6.45) is 5.06. The molecular formula is C59H64N4O12. The molecule has 2 atom stereocenters. The van der Waals surface area contributed by atoms with Crippen molar-refractivity contribution in [1.29, 1.82) is 0 Å². The van der Waals surface area contributed by atoms with Crippen molar-refractivity contribution in [2.45, 2.75) is 96.4 Å². The minimum atomic E-state index is -0.677. The number of methoxy groups -OCH3 is 2. The van der Waals surface area contributed by atoms with Crippen molar-refractivity contribution >= 4 is 46.7 Å². The fourth-order valence-corrected chi connectivity index (χ4v) is 11.1. The van der Waals surface area contributed by atoms with Crippen LogP contribution in [0.25, 0.3) is 0 Å². The number of hydroxylamine groups is 2. The number of aryl methyl sites for hydroxylation is 3. The Morgan fingerprint density at radius 1 is 0.600 bits per heavy atom. The van der Waals surface area contributed by atoms with Crippen molar-refractivity contribution in [2.75, 3.05) is 75.0 Å². The quantitative estimate of drug-likeness (QED) is 0.0484. The van der Waals surface area contributed by atoms with Crippen LogP contribution in [-0.2, 0) is 72.3 Å². The van der Waals surface area contributed by atoms with Gasteiger partial charge in [-0.3, -0.25) is 19.2 Å². The Balaban J connectivity index is 0.912. The second-order valence-corrected chi connectivity index (χ2v) is 19.8. The summed E-state index contributed by atoms with van der Waals surface area (Å²) in [6.45, 7) is 5.17. The van der Waals surface area contributed by atoms with E-state index in [9.17, 15) is 24.0 Å². The van der Waals surface area contributed by atoms with Crippen molar-refractivity contribution in [3.63, 3.8) is 0 Å². The number of amides is 4. The molecule has 1 saturated heterocycles. The van der Waals surface area contributed by atoms with Gasteiger partial charge < -0.3 is 48.0 Å². The molecule has 0 N–H and O–H groups in total. The Kier molecular flexibility index (Phi) is 15.8. The highest BCUT2D eigenvalue weighted by molar-refractivity contribution is 6.10. The third-order valence-electron chi connectivity index (χ3n) is 14.8. The van der Waals surface area contributed by atoms with E-state index in [2.05, 4.69) is 17.0 Å². The molecule has 75 heavy (non-hydrogen) atoms. The SMILES string of the molecule is COCCOCCOCCN(CCCC(=O)ON1C(=O)CCC1=O)c1cc(COc2cc3c(cc2C)C(=O)N2c4ccccc4C[C@H]2CC3)cc(COc2cc3c(cc2OC)C(=O)N2c4ccccc4C[C@H]2CC3)c1. The topological polar surface area (TPSA) is 163 Å². The third-order valence-corrected chi connectivity index (χ3v) is 14.8. The van der Waals surface area contributed by atoms with Crippen molar-refractivity contribution in [3.8, 4) is 17.2 Å². The first-order valence-electron chi connectivity index (χ1n) is 26.1. The van der Waals surface area contributed by atoms with Crippen LogP contribution >= 0.6 is 0 Å². The maximum atomic E-state index is 14.2. The minimum Gasteiger partial charge on any atom is -0.493 e. The van der Waals surface area contributed by atoms with Gasteiger partial charge in [0, 0.05) is 79.7 Å². The lowest BCUT2D eigenvalue weighted by atomic mass is 9.98. The van der Waals surface area contributed by atoms with E-state index in [0.29, 0.717) is 92.4 Å². The average Bonchev–Trinajstić information content (AvgIpc) is 4.04. The van der Waals surface area contributed by atoms with Crippen LogP contribution in [0.15, 0.2) is 91.0 Å². The predicted octanol–water partition coefficient (Wildman–Crippen LogP) is 8.07. The largest absolute Gasteiger partial charge is 0.493 e. The molecule has 4 amide bonds. The summed E-state index contributed by atoms with van der Waals surface area (Å²) in [6, 6.07) is 30.3. The van der Waals surface area contributed by atoms with Gasteiger partial charge in [0.25, 0.3) is 23.6 Å². The molecule has 5 heterocycles. The van der Waals surface area contributed by atoms with E-state index >= 15 is 0 Å². The molecule has 0 saturated carbocycles. The Morgan fingerprint density at radius 3 is 1.77 bits per heavy atom. The van der Waals surface area contributed by atoms with Crippen LogP contribution in [0.5, 0.6) is 17.2 Å². The van der Waals surface area contributed by atoms with E-state index in [1.54, 1.807) is 20.3 Å². The van der Waals surface area contributed by atoms with Crippen LogP contribution < -0.4 is 28.9 Å². The van der Waals surface area contributed by atoms with E-state index in [1.807, 2.05) is 89.5 Å². The summed E-state index contributed by atoms with van der Waals surface area (Å²) < 4.78 is 36.0. The Labute approximate surface area is 437 Å². The van der Waals surface area contributed by atoms with E-state index < -0.39 is 17.8 Å². The summed E-state index contributed by atoms with van der Waals surface area (Å²) >= 11 is 0. The minimum absolute atomic E-state index is 0.0112. The van der Waals surface area contributed by atoms with Crippen molar-refractivity contribution < 1.29 is 57.2 Å². The molecule has 392 valence electrons. The standard InChI is InChI=1S/C59H64N4O12/c1-38-27-48-41(14-16-45-31-43-9-4-6-11-50(43)61(45)58(48)67)33-52(38)73-36-39-28-40(37-74-54-34-42-15-17-46-32-44-10-5-7-12-51(44)62(46)59(68)49(42)35-53(54)70-3)30-47(29-39)60(21-22-71-25-26-72-24-23-69-2)20-8-13-57(66)75-63-55(64)18-19-56(63)65/h4-7,9-12,27-30,33-35,45-46H,8,13-26,31-32,36-37H2,1-3H3/t45-,46-/m1/s1. The fraction of sp³-hybridized carbons (Fsp3) is 0.407. The molecule has 0 aromatic heterocycles. The lowest BCUT2D eigenvalue weighted by Gasteiger charge is -2.26. The zero-order chi connectivity index (χ0) is 52.0. The number of benzene rings is 5. The molecule has 0 aliphatic carbocycles. The second kappa shape index (κ2) is 23.1. The Hall–Kier alpha value is -7.27. The van der Waals surface area contributed by atoms with Crippen LogP contribution in [-0.4, -0.2) is 107 Å². The maximum absolute atomic E-state index is 14.2. The number of para-hydroxylation sites is 2. The van der Waals surface area contributed by atoms with Gasteiger partial charge in [-0.15, -0.1) is 5.06 Å². The van der Waals surface area contributed by atoms with Crippen molar-refractivity contribution in [3.05, 3.63) is 141 Å². The molecule has 5 aromatic carbocycles. The Bertz CT molecular complexity index is 2960. The van der Waals surface area contributed by atoms with Crippen LogP contribution in [0.2, 0.25) is 0 Å². The highest BCUT2D eigenvalue weighted by Gasteiger charge is 2.39. The number of carbonyl (C=O) groups excluding carboxylic acids is 5. The normalized spacial score (nSPS) is 17.4. The highest BCUT2D eigenvalue weighted by Crippen LogP contribution is 2.42. The number of fused-ring (bicyclic) bond motifs is 8. The van der Waals surface area contributed by atoms with Gasteiger partial charge in [-0.1, -0.05) is 36.4 Å². The number of imide groups is 1. The number of ether oxygens (including phenoxy) is 6. The van der Waals surface area contributed by atoms with Gasteiger partial charge in [-0.25, -0.2) is 4.79 Å². The number of hydrogen-bond acceptors (Lipinski definition) is 13. The molecule has 16 heteroatoms. The summed E-state index contributed by atoms with van der Waals surface area (Å²) in [7, 11) is 3.19. The zero-order valence-corrected chi connectivity index (χ0v) is 42.9. The van der Waals surface area contributed by atoms with Crippen LogP contribution in [0.3, 0.4) is 0 Å². The first-order valence-corrected chi connectivity index (χ1v) is 26.1. The maximum Gasteiger partial charge on any atom is 0.333 e. The number of rotatable bonds is 22. The van der Waals surface area contributed by atoms with Gasteiger partial charge >= 0.3 is 5.97 Å². The molecule has 5 aliphatic heterocycles. The molecule has 1 fully saturated rings. The summed E-state index contributed by atoms with van der Waals surface area (Å²) in [5, 5.41) is 0.573. The lowest BCUT2D eigenvalue weighted by molar-refractivity contribution is -0.197. The van der Waals surface area contributed by atoms with E-state index in [1.165, 1.54) is 11.1 Å². The lowest BCUT2D eigenvalue weighted by Crippen LogP contribution is -2.36. The first-order chi connectivity index (χ1) is 36.6. The predicted molar refractivity (Wildman–Crippen MR) is 280 cm³/mol. The highest BCUT2D eigenvalue weighted by atomic mass is 16.7. The number of anilines is 3. The monoisotopic (exact) mass is 1020 g/mol. The van der Waals surface area contributed by atoms with Gasteiger partial charge in [0.2, 0.25) is 0 Å². The molecule has 0 unspecified atom stereocenters. The van der Waals surface area contributed by atoms with Gasteiger partial charge in [0.1, 0.15) is 19.0 Å². The molecule has 0 bridgehead atoms. The summed E-state index contributed by atoms with van der Waals surface area (Å²) in [5.74, 6) is -0.119. The molecule has 5 aliphatic rings. The van der Waals surface area contributed by atoms with E-state index in [0.717, 1.165) is 77.0 Å². The summed E-state index contributed by atoms with van der Waals surface area (Å²) in [5.41, 5.74) is 10.8. The van der Waals surface area contributed by atoms with E-state index in [-0.39, 0.29) is 56.4 Å². The van der Waals surface area contributed by atoms with Crippen LogP contribution in [0, 0.1) is 6.92 Å². The van der Waals surface area contributed by atoms with Gasteiger partial charge in [-0.2, -0.15) is 0 Å². The number of nitrogens with zero attached hydrogens (tertiary/aromatic N) is 4. The van der Waals surface area contributed by atoms with Gasteiger partial charge in [-0.05, 0) is 145 Å². The zero-order valence-electron chi connectivity index (χ0n) is 42.9. The summed E-state index contributed by atoms with van der Waals surface area (Å²) in [4.78, 5) is 77.0. The number of carbonyl (C=O) groups is 5. The molecule has 0 radical (unpaired) electrons. The fourth-order valence-electron chi connectivity index (χ4n) is 11.1. The van der Waals surface area contributed by atoms with Crippen molar-refractivity contribution in [2.24, 2.45) is 0 Å².